The predicted octanol–water partition coefficient (Wildman–Crippen LogP) is 2.08. The fourth-order valence-electron chi connectivity index (χ4n) is 3.12. The number of nitrogens with one attached hydrogen (secondary N) is 2. The third-order valence-corrected chi connectivity index (χ3v) is 4.44. The highest BCUT2D eigenvalue weighted by molar-refractivity contribution is 6.06. The number of amidine groups is 1. The Morgan fingerprint density at radius 1 is 1.04 bits per heavy atom. The number of hydrogen-bond donors (Lipinski definition) is 3. The number of aliphatic hydroxyl groups is 1. The van der Waals surface area contributed by atoms with Crippen molar-refractivity contribution in [2.24, 2.45) is 4.99 Å². The van der Waals surface area contributed by atoms with Crippen molar-refractivity contribution in [3.05, 3.63) is 65.5 Å². The summed E-state index contributed by atoms with van der Waals surface area (Å²) >= 11 is 0. The molecule has 0 aliphatic carbocycles. The van der Waals surface area contributed by atoms with E-state index in [0.29, 0.717) is 11.7 Å². The molecule has 3 aromatic rings. The van der Waals surface area contributed by atoms with Gasteiger partial charge in [-0.3, -0.25) is 4.99 Å². The number of rotatable bonds is 3. The molecule has 1 aliphatic rings. The highest BCUT2D eigenvalue weighted by Gasteiger charge is 2.29. The number of aromatic amines is 1. The van der Waals surface area contributed by atoms with Crippen LogP contribution < -0.4 is 5.32 Å². The van der Waals surface area contributed by atoms with Crippen molar-refractivity contribution in [1.82, 2.24) is 25.9 Å². The molecule has 1 unspecified atom stereocenters. The summed E-state index contributed by atoms with van der Waals surface area (Å²) in [6, 6.07) is 15.8. The van der Waals surface area contributed by atoms with Crippen LogP contribution >= 0.6 is 0 Å². The molecule has 0 fully saturated rings. The van der Waals surface area contributed by atoms with Crippen LogP contribution in [0.5, 0.6) is 0 Å². The van der Waals surface area contributed by atoms with Crippen LogP contribution in [0.2, 0.25) is 0 Å². The summed E-state index contributed by atoms with van der Waals surface area (Å²) in [5, 5.41) is 27.6. The molecule has 1 atom stereocenters. The smallest absolute Gasteiger partial charge is 0.203 e. The van der Waals surface area contributed by atoms with E-state index in [4.69, 9.17) is 4.99 Å². The first-order valence-electron chi connectivity index (χ1n) is 8.48. The summed E-state index contributed by atoms with van der Waals surface area (Å²) in [6.45, 7) is 3.84. The average Bonchev–Trinajstić information content (AvgIpc) is 3.15. The van der Waals surface area contributed by atoms with Crippen molar-refractivity contribution >= 4 is 5.84 Å². The van der Waals surface area contributed by atoms with Crippen molar-refractivity contribution in [3.8, 4) is 11.1 Å². The molecule has 7 heteroatoms. The van der Waals surface area contributed by atoms with E-state index in [1.165, 1.54) is 0 Å². The van der Waals surface area contributed by atoms with Crippen LogP contribution in [0.25, 0.3) is 11.1 Å². The molecule has 4 rings (SSSR count). The third kappa shape index (κ3) is 2.86. The molecule has 0 saturated carbocycles. The zero-order valence-corrected chi connectivity index (χ0v) is 14.6. The van der Waals surface area contributed by atoms with Crippen LogP contribution in [0, 0.1) is 0 Å². The zero-order chi connectivity index (χ0) is 18.1. The Labute approximate surface area is 151 Å². The summed E-state index contributed by atoms with van der Waals surface area (Å²) < 4.78 is 0. The van der Waals surface area contributed by atoms with E-state index in [-0.39, 0.29) is 6.61 Å². The molecule has 2 heterocycles. The number of hydrogen-bond acceptors (Lipinski definition) is 6. The Kier molecular flexibility index (Phi) is 4.00. The van der Waals surface area contributed by atoms with Gasteiger partial charge in [0.1, 0.15) is 11.9 Å². The lowest BCUT2D eigenvalue weighted by Gasteiger charge is -2.26. The predicted molar refractivity (Wildman–Crippen MR) is 98.7 cm³/mol. The van der Waals surface area contributed by atoms with Crippen LogP contribution in [0.4, 0.5) is 0 Å². The van der Waals surface area contributed by atoms with Gasteiger partial charge in [-0.1, -0.05) is 53.7 Å². The summed E-state index contributed by atoms with van der Waals surface area (Å²) in [5.74, 6) is 1.21. The van der Waals surface area contributed by atoms with Gasteiger partial charge in [0.05, 0.1) is 12.1 Å². The van der Waals surface area contributed by atoms with E-state index < -0.39 is 11.6 Å². The van der Waals surface area contributed by atoms with Gasteiger partial charge in [-0.2, -0.15) is 5.21 Å². The molecule has 3 N–H and O–H groups in total. The SMILES string of the molecule is CC(C)(CO)NC1=NC(c2nn[nH]n2)c2ccccc2-c2ccccc21. The van der Waals surface area contributed by atoms with E-state index in [9.17, 15) is 5.11 Å². The average molecular weight is 348 g/mol. The second-order valence-corrected chi connectivity index (χ2v) is 6.95. The lowest BCUT2D eigenvalue weighted by molar-refractivity contribution is 0.206. The van der Waals surface area contributed by atoms with E-state index in [1.54, 1.807) is 0 Å². The maximum Gasteiger partial charge on any atom is 0.203 e. The quantitative estimate of drug-likeness (QED) is 0.673. The molecular formula is C19H20N6O. The maximum absolute atomic E-state index is 9.71. The summed E-state index contributed by atoms with van der Waals surface area (Å²) in [4.78, 5) is 4.94. The first-order chi connectivity index (χ1) is 12.6. The maximum atomic E-state index is 9.71. The molecule has 2 aromatic carbocycles. The molecule has 0 spiro atoms. The molecule has 0 bridgehead atoms. The summed E-state index contributed by atoms with van der Waals surface area (Å²) in [5.41, 5.74) is 3.63. The topological polar surface area (TPSA) is 99.1 Å². The van der Waals surface area contributed by atoms with E-state index >= 15 is 0 Å². The largest absolute Gasteiger partial charge is 0.394 e. The van der Waals surface area contributed by atoms with Gasteiger partial charge in [-0.15, -0.1) is 10.2 Å². The lowest BCUT2D eigenvalue weighted by Crippen LogP contribution is -2.46. The van der Waals surface area contributed by atoms with Crippen molar-refractivity contribution in [2.75, 3.05) is 6.61 Å². The van der Waals surface area contributed by atoms with Gasteiger partial charge in [0.2, 0.25) is 5.82 Å². The molecule has 1 aliphatic heterocycles. The second kappa shape index (κ2) is 6.34. The van der Waals surface area contributed by atoms with Crippen LogP contribution in [0.3, 0.4) is 0 Å². The van der Waals surface area contributed by atoms with E-state index in [2.05, 4.69) is 38.1 Å². The molecule has 7 nitrogen and oxygen atoms in total. The zero-order valence-electron chi connectivity index (χ0n) is 14.6. The van der Waals surface area contributed by atoms with Crippen molar-refractivity contribution in [1.29, 1.82) is 0 Å². The van der Waals surface area contributed by atoms with Crippen LogP contribution in [0.1, 0.15) is 36.8 Å². The fraction of sp³-hybridized carbons (Fsp3) is 0.263. The Morgan fingerprint density at radius 2 is 1.73 bits per heavy atom. The standard InChI is InChI=1S/C19H20N6O/c1-19(2,11-26)21-17-15-10-6-4-8-13(15)12-7-3-5-9-14(12)16(20-17)18-22-24-25-23-18/h3-10,16,26H,11H2,1-2H3,(H,20,21)(H,22,23,24,25). The number of nitrogens with zero attached hydrogens (tertiary/aromatic N) is 4. The second-order valence-electron chi connectivity index (χ2n) is 6.95. The molecule has 0 saturated heterocycles. The van der Waals surface area contributed by atoms with Gasteiger partial charge in [0.25, 0.3) is 0 Å². The third-order valence-electron chi connectivity index (χ3n) is 4.44. The number of benzene rings is 2. The number of H-pyrrole nitrogens is 1. The number of tetrazole rings is 1. The van der Waals surface area contributed by atoms with Crippen molar-refractivity contribution in [2.45, 2.75) is 25.4 Å². The Balaban J connectivity index is 1.96. The monoisotopic (exact) mass is 348 g/mol. The van der Waals surface area contributed by atoms with Gasteiger partial charge < -0.3 is 10.4 Å². The molecule has 1 aromatic heterocycles. The highest BCUT2D eigenvalue weighted by Crippen LogP contribution is 2.37. The normalized spacial score (nSPS) is 16.3. The minimum Gasteiger partial charge on any atom is -0.394 e. The van der Waals surface area contributed by atoms with Crippen LogP contribution in [-0.2, 0) is 0 Å². The number of aliphatic hydroxyl groups excluding tert-OH is 1. The van der Waals surface area contributed by atoms with Crippen LogP contribution in [-0.4, -0.2) is 43.7 Å². The molecular weight excluding hydrogens is 328 g/mol. The van der Waals surface area contributed by atoms with Gasteiger partial charge in [0.15, 0.2) is 0 Å². The lowest BCUT2D eigenvalue weighted by atomic mass is 9.93. The minimum atomic E-state index is -0.524. The molecule has 26 heavy (non-hydrogen) atoms. The van der Waals surface area contributed by atoms with E-state index in [1.807, 2.05) is 50.2 Å². The summed E-state index contributed by atoms with van der Waals surface area (Å²) in [7, 11) is 0. The Bertz CT molecular complexity index is 948. The Morgan fingerprint density at radius 3 is 2.42 bits per heavy atom. The van der Waals surface area contributed by atoms with Crippen LogP contribution in [0.15, 0.2) is 53.5 Å². The first kappa shape index (κ1) is 16.4. The highest BCUT2D eigenvalue weighted by atomic mass is 16.3. The molecule has 132 valence electrons. The molecule has 0 radical (unpaired) electrons. The first-order valence-corrected chi connectivity index (χ1v) is 8.48. The number of fused-ring (bicyclic) bond motifs is 3. The van der Waals surface area contributed by atoms with Gasteiger partial charge >= 0.3 is 0 Å². The minimum absolute atomic E-state index is 0.0198. The van der Waals surface area contributed by atoms with Gasteiger partial charge in [-0.05, 0) is 30.5 Å². The van der Waals surface area contributed by atoms with E-state index in [0.717, 1.165) is 22.3 Å². The Hall–Kier alpha value is -3.06. The number of aliphatic imine (C=N–C) groups is 1. The van der Waals surface area contributed by atoms with Crippen molar-refractivity contribution in [3.63, 3.8) is 0 Å². The summed E-state index contributed by atoms with van der Waals surface area (Å²) in [6.07, 6.45) is 0. The van der Waals surface area contributed by atoms with Crippen molar-refractivity contribution < 1.29 is 5.11 Å². The molecule has 0 amide bonds. The van der Waals surface area contributed by atoms with Gasteiger partial charge in [-0.25, -0.2) is 0 Å². The fourth-order valence-corrected chi connectivity index (χ4v) is 3.12. The number of aromatic nitrogens is 4. The van der Waals surface area contributed by atoms with Gasteiger partial charge in [0, 0.05) is 5.56 Å².